The molecule has 1 amide bonds. The standard InChI is InChI=1S/C18H18BrFN2O3S/c1-2-26(24,25)22-9-3-4-12-10-13(5-8-17(12)22)18(23)21-16-7-6-14(19)11-15(16)20/h5-8,10-11H,2-4,9H2,1H3,(H,21,23). The average Bonchev–Trinajstić information content (AvgIpc) is 2.63. The summed E-state index contributed by atoms with van der Waals surface area (Å²) in [6.07, 6.45) is 1.39. The van der Waals surface area contributed by atoms with E-state index in [1.165, 1.54) is 16.4 Å². The molecule has 0 bridgehead atoms. The van der Waals surface area contributed by atoms with Gasteiger partial charge in [0, 0.05) is 16.6 Å². The van der Waals surface area contributed by atoms with Crippen LogP contribution in [-0.4, -0.2) is 26.6 Å². The van der Waals surface area contributed by atoms with Gasteiger partial charge in [0.25, 0.3) is 5.91 Å². The summed E-state index contributed by atoms with van der Waals surface area (Å²) in [7, 11) is -3.35. The van der Waals surface area contributed by atoms with Crippen molar-refractivity contribution < 1.29 is 17.6 Å². The molecule has 2 aromatic rings. The number of amides is 1. The van der Waals surface area contributed by atoms with Gasteiger partial charge in [-0.15, -0.1) is 0 Å². The lowest BCUT2D eigenvalue weighted by Gasteiger charge is -2.30. The number of carbonyl (C=O) groups is 1. The number of aryl methyl sites for hydroxylation is 1. The molecule has 8 heteroatoms. The minimum atomic E-state index is -3.35. The van der Waals surface area contributed by atoms with Crippen molar-refractivity contribution in [3.8, 4) is 0 Å². The van der Waals surface area contributed by atoms with Gasteiger partial charge in [-0.25, -0.2) is 12.8 Å². The van der Waals surface area contributed by atoms with E-state index in [2.05, 4.69) is 21.2 Å². The normalized spacial score (nSPS) is 14.0. The molecule has 0 atom stereocenters. The maximum Gasteiger partial charge on any atom is 0.255 e. The van der Waals surface area contributed by atoms with Gasteiger partial charge in [0.1, 0.15) is 5.82 Å². The second kappa shape index (κ2) is 7.36. The molecular formula is C18H18BrFN2O3S. The van der Waals surface area contributed by atoms with E-state index < -0.39 is 21.7 Å². The van der Waals surface area contributed by atoms with Crippen molar-refractivity contribution in [2.75, 3.05) is 21.9 Å². The fraction of sp³-hybridized carbons (Fsp3) is 0.278. The topological polar surface area (TPSA) is 66.5 Å². The first-order valence-electron chi connectivity index (χ1n) is 8.21. The fourth-order valence-electron chi connectivity index (χ4n) is 2.93. The molecule has 0 saturated carbocycles. The van der Waals surface area contributed by atoms with Crippen molar-refractivity contribution in [1.29, 1.82) is 0 Å². The summed E-state index contributed by atoms with van der Waals surface area (Å²) in [4.78, 5) is 12.5. The van der Waals surface area contributed by atoms with Gasteiger partial charge in [-0.1, -0.05) is 15.9 Å². The van der Waals surface area contributed by atoms with Gasteiger partial charge < -0.3 is 5.32 Å². The van der Waals surface area contributed by atoms with Crippen LogP contribution in [0.15, 0.2) is 40.9 Å². The highest BCUT2D eigenvalue weighted by Crippen LogP contribution is 2.30. The highest BCUT2D eigenvalue weighted by molar-refractivity contribution is 9.10. The summed E-state index contributed by atoms with van der Waals surface area (Å²) >= 11 is 3.17. The van der Waals surface area contributed by atoms with E-state index in [1.807, 2.05) is 0 Å². The smallest absolute Gasteiger partial charge is 0.255 e. The van der Waals surface area contributed by atoms with Crippen molar-refractivity contribution in [3.63, 3.8) is 0 Å². The molecule has 0 unspecified atom stereocenters. The maximum atomic E-state index is 13.9. The zero-order valence-corrected chi connectivity index (χ0v) is 16.5. The lowest BCUT2D eigenvalue weighted by atomic mass is 10.0. The van der Waals surface area contributed by atoms with Gasteiger partial charge in [0.2, 0.25) is 10.0 Å². The number of nitrogens with zero attached hydrogens (tertiary/aromatic N) is 1. The number of anilines is 2. The Balaban J connectivity index is 1.87. The first-order chi connectivity index (χ1) is 12.3. The Bertz CT molecular complexity index is 963. The van der Waals surface area contributed by atoms with Crippen molar-refractivity contribution in [2.24, 2.45) is 0 Å². The van der Waals surface area contributed by atoms with Crippen molar-refractivity contribution in [3.05, 3.63) is 57.8 Å². The average molecular weight is 441 g/mol. The predicted molar refractivity (Wildman–Crippen MR) is 104 cm³/mol. The van der Waals surface area contributed by atoms with Gasteiger partial charge in [-0.05, 0) is 61.7 Å². The molecule has 5 nitrogen and oxygen atoms in total. The third-order valence-electron chi connectivity index (χ3n) is 4.30. The zero-order chi connectivity index (χ0) is 18.9. The van der Waals surface area contributed by atoms with Crippen LogP contribution < -0.4 is 9.62 Å². The predicted octanol–water partition coefficient (Wildman–Crippen LogP) is 3.94. The third kappa shape index (κ3) is 3.76. The minimum Gasteiger partial charge on any atom is -0.319 e. The summed E-state index contributed by atoms with van der Waals surface area (Å²) in [5.41, 5.74) is 1.87. The van der Waals surface area contributed by atoms with Crippen LogP contribution in [0.1, 0.15) is 29.3 Å². The summed E-state index contributed by atoms with van der Waals surface area (Å²) < 4.78 is 40.4. The number of nitrogens with one attached hydrogen (secondary N) is 1. The van der Waals surface area contributed by atoms with E-state index in [-0.39, 0.29) is 11.4 Å². The molecule has 0 aromatic heterocycles. The Morgan fingerprint density at radius 2 is 2.04 bits per heavy atom. The molecule has 0 radical (unpaired) electrons. The van der Waals surface area contributed by atoms with Gasteiger partial charge in [0.05, 0.1) is 17.1 Å². The number of rotatable bonds is 4. The van der Waals surface area contributed by atoms with E-state index in [1.54, 1.807) is 31.2 Å². The Labute approximate surface area is 160 Å². The number of fused-ring (bicyclic) bond motifs is 1. The van der Waals surface area contributed by atoms with E-state index in [9.17, 15) is 17.6 Å². The molecule has 1 aliphatic rings. The molecule has 0 spiro atoms. The number of halogens is 2. The van der Waals surface area contributed by atoms with Gasteiger partial charge in [-0.3, -0.25) is 9.10 Å². The largest absolute Gasteiger partial charge is 0.319 e. The van der Waals surface area contributed by atoms with Crippen LogP contribution in [0.25, 0.3) is 0 Å². The molecule has 2 aromatic carbocycles. The molecular weight excluding hydrogens is 423 g/mol. The number of carbonyl (C=O) groups excluding carboxylic acids is 1. The first kappa shape index (κ1) is 18.8. The Hall–Kier alpha value is -1.93. The quantitative estimate of drug-likeness (QED) is 0.782. The SMILES string of the molecule is CCS(=O)(=O)N1CCCc2cc(C(=O)Nc3ccc(Br)cc3F)ccc21. The van der Waals surface area contributed by atoms with Crippen LogP contribution in [0.3, 0.4) is 0 Å². The van der Waals surface area contributed by atoms with Crippen molar-refractivity contribution in [2.45, 2.75) is 19.8 Å². The molecule has 3 rings (SSSR count). The van der Waals surface area contributed by atoms with Gasteiger partial charge in [0.15, 0.2) is 0 Å². The second-order valence-electron chi connectivity index (χ2n) is 6.00. The van der Waals surface area contributed by atoms with Crippen LogP contribution in [0.5, 0.6) is 0 Å². The molecule has 0 aliphatic carbocycles. The molecule has 1 aliphatic heterocycles. The summed E-state index contributed by atoms with van der Waals surface area (Å²) in [5.74, 6) is -0.951. The lowest BCUT2D eigenvalue weighted by Crippen LogP contribution is -2.36. The summed E-state index contributed by atoms with van der Waals surface area (Å²) in [6, 6.07) is 9.28. The Morgan fingerprint density at radius 1 is 1.27 bits per heavy atom. The van der Waals surface area contributed by atoms with Crippen LogP contribution in [0.4, 0.5) is 15.8 Å². The number of benzene rings is 2. The molecule has 0 fully saturated rings. The van der Waals surface area contributed by atoms with Gasteiger partial charge in [-0.2, -0.15) is 0 Å². The van der Waals surface area contributed by atoms with Crippen LogP contribution in [0.2, 0.25) is 0 Å². The van der Waals surface area contributed by atoms with Crippen LogP contribution >= 0.6 is 15.9 Å². The van der Waals surface area contributed by atoms with Crippen LogP contribution in [0, 0.1) is 5.82 Å². The van der Waals surface area contributed by atoms with E-state index in [0.717, 1.165) is 5.56 Å². The highest BCUT2D eigenvalue weighted by Gasteiger charge is 2.26. The maximum absolute atomic E-state index is 13.9. The van der Waals surface area contributed by atoms with Crippen molar-refractivity contribution >= 4 is 43.2 Å². The molecule has 0 saturated heterocycles. The van der Waals surface area contributed by atoms with E-state index in [4.69, 9.17) is 0 Å². The number of hydrogen-bond acceptors (Lipinski definition) is 3. The molecule has 1 heterocycles. The van der Waals surface area contributed by atoms with Crippen LogP contribution in [-0.2, 0) is 16.4 Å². The van der Waals surface area contributed by atoms with Gasteiger partial charge >= 0.3 is 0 Å². The lowest BCUT2D eigenvalue weighted by molar-refractivity contribution is 0.102. The second-order valence-corrected chi connectivity index (χ2v) is 9.10. The highest BCUT2D eigenvalue weighted by atomic mass is 79.9. The van der Waals surface area contributed by atoms with E-state index >= 15 is 0 Å². The Kier molecular flexibility index (Phi) is 5.34. The number of hydrogen-bond donors (Lipinski definition) is 1. The molecule has 26 heavy (non-hydrogen) atoms. The Morgan fingerprint density at radius 3 is 2.73 bits per heavy atom. The third-order valence-corrected chi connectivity index (χ3v) is 6.57. The first-order valence-corrected chi connectivity index (χ1v) is 10.6. The summed E-state index contributed by atoms with van der Waals surface area (Å²) in [6.45, 7) is 2.05. The van der Waals surface area contributed by atoms with Crippen molar-refractivity contribution in [1.82, 2.24) is 0 Å². The summed E-state index contributed by atoms with van der Waals surface area (Å²) in [5, 5.41) is 2.55. The fourth-order valence-corrected chi connectivity index (χ4v) is 4.46. The zero-order valence-electron chi connectivity index (χ0n) is 14.1. The number of sulfonamides is 1. The minimum absolute atomic E-state index is 0.0253. The molecule has 1 N–H and O–H groups in total. The monoisotopic (exact) mass is 440 g/mol. The van der Waals surface area contributed by atoms with E-state index in [0.29, 0.717) is 35.1 Å². The molecule has 138 valence electrons.